The van der Waals surface area contributed by atoms with E-state index in [0.717, 1.165) is 5.56 Å². The third kappa shape index (κ3) is 2.86. The second-order valence-electron chi connectivity index (χ2n) is 4.79. The quantitative estimate of drug-likeness (QED) is 0.718. The van der Waals surface area contributed by atoms with Crippen molar-refractivity contribution in [1.82, 2.24) is 5.32 Å². The van der Waals surface area contributed by atoms with Crippen molar-refractivity contribution < 1.29 is 23.9 Å². The average Bonchev–Trinajstić information content (AvgIpc) is 3.09. The molecule has 0 unspecified atom stereocenters. The Kier molecular flexibility index (Phi) is 4.02. The summed E-state index contributed by atoms with van der Waals surface area (Å²) in [6.45, 7) is 2.09. The number of ether oxygens (including phenoxy) is 2. The molecular formula is C13H16BNO5. The third-order valence-corrected chi connectivity index (χ3v) is 3.43. The molecule has 2 heterocycles. The minimum absolute atomic E-state index is 0.176. The molecule has 106 valence electrons. The van der Waals surface area contributed by atoms with Crippen molar-refractivity contribution in [2.24, 2.45) is 0 Å². The van der Waals surface area contributed by atoms with E-state index in [4.69, 9.17) is 14.1 Å². The third-order valence-electron chi connectivity index (χ3n) is 3.43. The zero-order valence-electron chi connectivity index (χ0n) is 11.0. The fourth-order valence-corrected chi connectivity index (χ4v) is 2.34. The van der Waals surface area contributed by atoms with Gasteiger partial charge in [-0.2, -0.15) is 0 Å². The Morgan fingerprint density at radius 1 is 1.40 bits per heavy atom. The van der Waals surface area contributed by atoms with Crippen molar-refractivity contribution in [3.05, 3.63) is 29.3 Å². The highest BCUT2D eigenvalue weighted by molar-refractivity contribution is 6.61. The van der Waals surface area contributed by atoms with Crippen LogP contribution in [0.1, 0.15) is 22.3 Å². The Morgan fingerprint density at radius 2 is 2.20 bits per heavy atom. The van der Waals surface area contributed by atoms with Gasteiger partial charge in [0.1, 0.15) is 0 Å². The molecule has 2 N–H and O–H groups in total. The maximum atomic E-state index is 12.0. The SMILES string of the molecule is O=C(NCCC1OCCO1)c1ccc2c(c1)B(O)OC2. The summed E-state index contributed by atoms with van der Waals surface area (Å²) >= 11 is 0. The number of hydrogen-bond acceptors (Lipinski definition) is 5. The van der Waals surface area contributed by atoms with E-state index < -0.39 is 7.12 Å². The van der Waals surface area contributed by atoms with Crippen LogP contribution in [0, 0.1) is 0 Å². The molecule has 1 aromatic rings. The molecule has 7 heteroatoms. The van der Waals surface area contributed by atoms with Gasteiger partial charge < -0.3 is 24.5 Å². The van der Waals surface area contributed by atoms with E-state index in [1.807, 2.05) is 6.07 Å². The molecule has 1 amide bonds. The molecule has 1 aromatic carbocycles. The summed E-state index contributed by atoms with van der Waals surface area (Å²) in [5.41, 5.74) is 2.10. The lowest BCUT2D eigenvalue weighted by Gasteiger charge is -2.10. The summed E-state index contributed by atoms with van der Waals surface area (Å²) in [4.78, 5) is 12.0. The van der Waals surface area contributed by atoms with Crippen molar-refractivity contribution in [3.8, 4) is 0 Å². The van der Waals surface area contributed by atoms with Crippen LogP contribution in [0.25, 0.3) is 0 Å². The van der Waals surface area contributed by atoms with E-state index in [-0.39, 0.29) is 12.2 Å². The van der Waals surface area contributed by atoms with Crippen LogP contribution < -0.4 is 10.8 Å². The summed E-state index contributed by atoms with van der Waals surface area (Å²) < 4.78 is 15.7. The molecule has 2 aliphatic heterocycles. The molecule has 0 aliphatic carbocycles. The zero-order valence-corrected chi connectivity index (χ0v) is 11.0. The molecule has 2 aliphatic rings. The van der Waals surface area contributed by atoms with Gasteiger partial charge in [-0.3, -0.25) is 4.79 Å². The zero-order chi connectivity index (χ0) is 13.9. The molecule has 0 radical (unpaired) electrons. The predicted octanol–water partition coefficient (Wildman–Crippen LogP) is -0.603. The van der Waals surface area contributed by atoms with Crippen LogP contribution in [0.15, 0.2) is 18.2 Å². The number of fused-ring (bicyclic) bond motifs is 1. The van der Waals surface area contributed by atoms with Crippen LogP contribution in [0.5, 0.6) is 0 Å². The lowest BCUT2D eigenvalue weighted by Crippen LogP contribution is -2.31. The van der Waals surface area contributed by atoms with Gasteiger partial charge in [-0.05, 0) is 23.2 Å². The van der Waals surface area contributed by atoms with Gasteiger partial charge >= 0.3 is 7.12 Å². The summed E-state index contributed by atoms with van der Waals surface area (Å²) in [6.07, 6.45) is 0.410. The fourth-order valence-electron chi connectivity index (χ4n) is 2.34. The van der Waals surface area contributed by atoms with E-state index in [1.54, 1.807) is 12.1 Å². The monoisotopic (exact) mass is 277 g/mol. The molecule has 1 fully saturated rings. The van der Waals surface area contributed by atoms with Crippen molar-refractivity contribution in [1.29, 1.82) is 0 Å². The van der Waals surface area contributed by atoms with Crippen LogP contribution in [0.4, 0.5) is 0 Å². The second-order valence-corrected chi connectivity index (χ2v) is 4.79. The molecule has 1 saturated heterocycles. The maximum Gasteiger partial charge on any atom is 0.491 e. The smallest absolute Gasteiger partial charge is 0.423 e. The highest BCUT2D eigenvalue weighted by Gasteiger charge is 2.28. The molecule has 0 atom stereocenters. The van der Waals surface area contributed by atoms with Gasteiger partial charge in [0.25, 0.3) is 5.91 Å². The molecule has 0 spiro atoms. The summed E-state index contributed by atoms with van der Waals surface area (Å²) in [7, 11) is -0.932. The predicted molar refractivity (Wildman–Crippen MR) is 71.5 cm³/mol. The normalized spacial score (nSPS) is 18.4. The van der Waals surface area contributed by atoms with Crippen molar-refractivity contribution in [2.75, 3.05) is 19.8 Å². The minimum atomic E-state index is -0.932. The summed E-state index contributed by atoms with van der Waals surface area (Å²) in [6, 6.07) is 5.21. The number of carbonyl (C=O) groups is 1. The Morgan fingerprint density at radius 3 is 3.00 bits per heavy atom. The van der Waals surface area contributed by atoms with Crippen molar-refractivity contribution >= 4 is 18.5 Å². The molecule has 3 rings (SSSR count). The van der Waals surface area contributed by atoms with E-state index >= 15 is 0 Å². The molecule has 0 saturated carbocycles. The van der Waals surface area contributed by atoms with Crippen LogP contribution >= 0.6 is 0 Å². The van der Waals surface area contributed by atoms with E-state index in [1.165, 1.54) is 0 Å². The largest absolute Gasteiger partial charge is 0.491 e. The summed E-state index contributed by atoms with van der Waals surface area (Å²) in [5.74, 6) is -0.176. The van der Waals surface area contributed by atoms with Gasteiger partial charge in [-0.1, -0.05) is 6.07 Å². The fraction of sp³-hybridized carbons (Fsp3) is 0.462. The standard InChI is InChI=1S/C13H16BNO5/c16-13(15-4-3-12-18-5-6-19-12)9-1-2-10-8-20-14(17)11(10)7-9/h1-2,7,12,17H,3-6,8H2,(H,15,16). The lowest BCUT2D eigenvalue weighted by atomic mass is 9.79. The first-order chi connectivity index (χ1) is 9.74. The number of rotatable bonds is 4. The molecule has 0 aromatic heterocycles. The van der Waals surface area contributed by atoms with Crippen molar-refractivity contribution in [3.63, 3.8) is 0 Å². The molecule has 0 bridgehead atoms. The van der Waals surface area contributed by atoms with Crippen LogP contribution in [-0.2, 0) is 20.7 Å². The van der Waals surface area contributed by atoms with Crippen LogP contribution in [0.2, 0.25) is 0 Å². The Labute approximate surface area is 117 Å². The van der Waals surface area contributed by atoms with E-state index in [9.17, 15) is 9.82 Å². The molecule has 6 nitrogen and oxygen atoms in total. The first-order valence-electron chi connectivity index (χ1n) is 6.68. The Bertz CT molecular complexity index is 504. The van der Waals surface area contributed by atoms with Gasteiger partial charge in [-0.25, -0.2) is 0 Å². The van der Waals surface area contributed by atoms with Crippen molar-refractivity contribution in [2.45, 2.75) is 19.3 Å². The molecular weight excluding hydrogens is 261 g/mol. The van der Waals surface area contributed by atoms with Gasteiger partial charge in [0, 0.05) is 18.5 Å². The highest BCUT2D eigenvalue weighted by Crippen LogP contribution is 2.11. The van der Waals surface area contributed by atoms with E-state index in [0.29, 0.717) is 43.8 Å². The number of amides is 1. The molecule has 20 heavy (non-hydrogen) atoms. The number of hydrogen-bond donors (Lipinski definition) is 2. The second kappa shape index (κ2) is 5.93. The van der Waals surface area contributed by atoms with Gasteiger partial charge in [0.15, 0.2) is 6.29 Å². The van der Waals surface area contributed by atoms with Crippen LogP contribution in [-0.4, -0.2) is 44.1 Å². The Balaban J connectivity index is 1.55. The summed E-state index contributed by atoms with van der Waals surface area (Å²) in [5, 5.41) is 12.4. The van der Waals surface area contributed by atoms with Gasteiger partial charge in [0.2, 0.25) is 0 Å². The number of carbonyl (C=O) groups excluding carboxylic acids is 1. The highest BCUT2D eigenvalue weighted by atomic mass is 16.7. The Hall–Kier alpha value is -1.41. The maximum absolute atomic E-state index is 12.0. The minimum Gasteiger partial charge on any atom is -0.423 e. The van der Waals surface area contributed by atoms with Crippen LogP contribution in [0.3, 0.4) is 0 Å². The number of nitrogens with one attached hydrogen (secondary N) is 1. The van der Waals surface area contributed by atoms with E-state index in [2.05, 4.69) is 5.32 Å². The van der Waals surface area contributed by atoms with Gasteiger partial charge in [-0.15, -0.1) is 0 Å². The average molecular weight is 277 g/mol. The first kappa shape index (κ1) is 13.6. The number of benzene rings is 1. The lowest BCUT2D eigenvalue weighted by molar-refractivity contribution is -0.0455. The topological polar surface area (TPSA) is 77.0 Å². The first-order valence-corrected chi connectivity index (χ1v) is 6.68. The van der Waals surface area contributed by atoms with Gasteiger partial charge in [0.05, 0.1) is 19.8 Å².